The Hall–Kier alpha value is -0.810. The standard InChI is InChI=1S/C12H21NO4/c1-11(2,3)17-10(15)13-6-4-12(5-7-14)9(8-13)16-12/h9,14H,4-8H2,1-3H3. The van der Waals surface area contributed by atoms with E-state index in [0.29, 0.717) is 19.5 Å². The van der Waals surface area contributed by atoms with Gasteiger partial charge in [0, 0.05) is 19.6 Å². The zero-order valence-corrected chi connectivity index (χ0v) is 10.7. The summed E-state index contributed by atoms with van der Waals surface area (Å²) in [7, 11) is 0. The Morgan fingerprint density at radius 3 is 2.82 bits per heavy atom. The third-order valence-electron chi connectivity index (χ3n) is 3.28. The first kappa shape index (κ1) is 12.6. The van der Waals surface area contributed by atoms with E-state index in [-0.39, 0.29) is 24.4 Å². The van der Waals surface area contributed by atoms with Gasteiger partial charge in [0.1, 0.15) is 17.3 Å². The van der Waals surface area contributed by atoms with Crippen molar-refractivity contribution in [3.63, 3.8) is 0 Å². The van der Waals surface area contributed by atoms with Gasteiger partial charge in [0.2, 0.25) is 0 Å². The summed E-state index contributed by atoms with van der Waals surface area (Å²) in [6, 6.07) is 0. The van der Waals surface area contributed by atoms with Gasteiger partial charge in [0.05, 0.1) is 6.54 Å². The van der Waals surface area contributed by atoms with E-state index in [1.54, 1.807) is 4.90 Å². The average Bonchev–Trinajstić information content (AvgIpc) is 2.88. The number of epoxide rings is 1. The van der Waals surface area contributed by atoms with Crippen molar-refractivity contribution < 1.29 is 19.4 Å². The van der Waals surface area contributed by atoms with Crippen LogP contribution in [-0.2, 0) is 9.47 Å². The molecule has 2 aliphatic rings. The van der Waals surface area contributed by atoms with E-state index in [1.807, 2.05) is 20.8 Å². The lowest BCUT2D eigenvalue weighted by atomic mass is 9.94. The van der Waals surface area contributed by atoms with Gasteiger partial charge in [0.25, 0.3) is 0 Å². The lowest BCUT2D eigenvalue weighted by Crippen LogP contribution is -2.45. The molecule has 1 amide bonds. The normalized spacial score (nSPS) is 32.0. The monoisotopic (exact) mass is 243 g/mol. The number of aliphatic hydroxyl groups excluding tert-OH is 1. The first-order chi connectivity index (χ1) is 7.86. The number of piperidine rings is 1. The maximum atomic E-state index is 11.8. The van der Waals surface area contributed by atoms with Crippen molar-refractivity contribution in [2.24, 2.45) is 0 Å². The minimum Gasteiger partial charge on any atom is -0.444 e. The summed E-state index contributed by atoms with van der Waals surface area (Å²) in [5.41, 5.74) is -0.617. The predicted octanol–water partition coefficient (Wildman–Crippen LogP) is 1.15. The highest BCUT2D eigenvalue weighted by Crippen LogP contribution is 2.46. The van der Waals surface area contributed by atoms with Crippen molar-refractivity contribution in [1.29, 1.82) is 0 Å². The topological polar surface area (TPSA) is 62.3 Å². The molecule has 2 atom stereocenters. The SMILES string of the molecule is CC(C)(C)OC(=O)N1CCC2(CCO)OC2C1. The van der Waals surface area contributed by atoms with Crippen LogP contribution in [0.25, 0.3) is 0 Å². The highest BCUT2D eigenvalue weighted by molar-refractivity contribution is 5.68. The molecule has 1 N–H and O–H groups in total. The molecule has 2 saturated heterocycles. The van der Waals surface area contributed by atoms with E-state index in [1.165, 1.54) is 0 Å². The quantitative estimate of drug-likeness (QED) is 0.739. The molecule has 0 aromatic carbocycles. The lowest BCUT2D eigenvalue weighted by molar-refractivity contribution is 0.0215. The van der Waals surface area contributed by atoms with Crippen molar-refractivity contribution in [1.82, 2.24) is 4.90 Å². The fourth-order valence-corrected chi connectivity index (χ4v) is 2.31. The van der Waals surface area contributed by atoms with Crippen LogP contribution in [0.2, 0.25) is 0 Å². The molecule has 0 aromatic rings. The lowest BCUT2D eigenvalue weighted by Gasteiger charge is -2.30. The number of aliphatic hydroxyl groups is 1. The van der Waals surface area contributed by atoms with Crippen molar-refractivity contribution in [3.8, 4) is 0 Å². The largest absolute Gasteiger partial charge is 0.444 e. The van der Waals surface area contributed by atoms with Crippen molar-refractivity contribution in [3.05, 3.63) is 0 Å². The van der Waals surface area contributed by atoms with Crippen LogP contribution in [0.5, 0.6) is 0 Å². The molecule has 2 heterocycles. The Kier molecular flexibility index (Phi) is 3.08. The van der Waals surface area contributed by atoms with Crippen LogP contribution in [0.3, 0.4) is 0 Å². The summed E-state index contributed by atoms with van der Waals surface area (Å²) in [6.07, 6.45) is 1.26. The number of rotatable bonds is 2. The predicted molar refractivity (Wildman–Crippen MR) is 61.7 cm³/mol. The minimum atomic E-state index is -0.457. The highest BCUT2D eigenvalue weighted by atomic mass is 16.6. The van der Waals surface area contributed by atoms with Gasteiger partial charge >= 0.3 is 6.09 Å². The Balaban J connectivity index is 1.85. The molecule has 5 heteroatoms. The number of nitrogens with zero attached hydrogens (tertiary/aromatic N) is 1. The maximum Gasteiger partial charge on any atom is 0.410 e. The van der Waals surface area contributed by atoms with Gasteiger partial charge in [-0.25, -0.2) is 4.79 Å². The Bertz CT molecular complexity index is 312. The third-order valence-corrected chi connectivity index (χ3v) is 3.28. The fourth-order valence-electron chi connectivity index (χ4n) is 2.31. The van der Waals surface area contributed by atoms with Crippen LogP contribution in [0.4, 0.5) is 4.79 Å². The molecule has 0 aliphatic carbocycles. The molecule has 0 saturated carbocycles. The van der Waals surface area contributed by atoms with Gasteiger partial charge in [-0.2, -0.15) is 0 Å². The number of carbonyl (C=O) groups excluding carboxylic acids is 1. The molecule has 2 fully saturated rings. The Morgan fingerprint density at radius 2 is 2.29 bits per heavy atom. The first-order valence-electron chi connectivity index (χ1n) is 6.13. The molecule has 0 bridgehead atoms. The van der Waals surface area contributed by atoms with Crippen LogP contribution in [0.15, 0.2) is 0 Å². The van der Waals surface area contributed by atoms with E-state index in [9.17, 15) is 4.79 Å². The van der Waals surface area contributed by atoms with Crippen molar-refractivity contribution in [2.45, 2.75) is 50.9 Å². The molecule has 5 nitrogen and oxygen atoms in total. The zero-order chi connectivity index (χ0) is 12.7. The molecule has 2 rings (SSSR count). The van der Waals surface area contributed by atoms with E-state index in [2.05, 4.69) is 0 Å². The summed E-state index contributed by atoms with van der Waals surface area (Å²) in [5, 5.41) is 8.95. The molecular weight excluding hydrogens is 222 g/mol. The summed E-state index contributed by atoms with van der Waals surface area (Å²) in [6.45, 7) is 6.94. The Labute approximate surface area is 102 Å². The fraction of sp³-hybridized carbons (Fsp3) is 0.917. The number of likely N-dealkylation sites (tertiary alicyclic amines) is 1. The van der Waals surface area contributed by atoms with Crippen LogP contribution in [-0.4, -0.2) is 53.1 Å². The summed E-state index contributed by atoms with van der Waals surface area (Å²) in [4.78, 5) is 13.5. The number of hydrogen-bond acceptors (Lipinski definition) is 4. The number of carbonyl (C=O) groups is 1. The van der Waals surface area contributed by atoms with Gasteiger partial charge in [-0.05, 0) is 27.2 Å². The third kappa shape index (κ3) is 2.72. The van der Waals surface area contributed by atoms with E-state index < -0.39 is 5.60 Å². The van der Waals surface area contributed by atoms with E-state index in [4.69, 9.17) is 14.6 Å². The number of fused-ring (bicyclic) bond motifs is 1. The van der Waals surface area contributed by atoms with Gasteiger partial charge in [0.15, 0.2) is 0 Å². The van der Waals surface area contributed by atoms with Gasteiger partial charge in [-0.1, -0.05) is 0 Å². The molecule has 2 unspecified atom stereocenters. The van der Waals surface area contributed by atoms with Crippen LogP contribution in [0, 0.1) is 0 Å². The number of ether oxygens (including phenoxy) is 2. The van der Waals surface area contributed by atoms with Crippen molar-refractivity contribution >= 4 is 6.09 Å². The van der Waals surface area contributed by atoms with Gasteiger partial charge in [-0.15, -0.1) is 0 Å². The maximum absolute atomic E-state index is 11.8. The molecule has 98 valence electrons. The summed E-state index contributed by atoms with van der Waals surface area (Å²) < 4.78 is 10.9. The molecule has 17 heavy (non-hydrogen) atoms. The summed E-state index contributed by atoms with van der Waals surface area (Å²) in [5.74, 6) is 0. The number of hydrogen-bond donors (Lipinski definition) is 1. The molecule has 0 aromatic heterocycles. The smallest absolute Gasteiger partial charge is 0.410 e. The van der Waals surface area contributed by atoms with E-state index >= 15 is 0 Å². The van der Waals surface area contributed by atoms with Crippen molar-refractivity contribution in [2.75, 3.05) is 19.7 Å². The van der Waals surface area contributed by atoms with E-state index in [0.717, 1.165) is 6.42 Å². The first-order valence-corrected chi connectivity index (χ1v) is 6.13. The highest BCUT2D eigenvalue weighted by Gasteiger charge is 2.59. The minimum absolute atomic E-state index is 0.0796. The second kappa shape index (κ2) is 4.14. The van der Waals surface area contributed by atoms with Gasteiger partial charge in [-0.3, -0.25) is 0 Å². The second-order valence-electron chi connectivity index (χ2n) is 5.82. The van der Waals surface area contributed by atoms with Crippen LogP contribution in [0.1, 0.15) is 33.6 Å². The Morgan fingerprint density at radius 1 is 1.59 bits per heavy atom. The molecular formula is C12H21NO4. The van der Waals surface area contributed by atoms with Gasteiger partial charge < -0.3 is 19.5 Å². The second-order valence-corrected chi connectivity index (χ2v) is 5.82. The molecule has 0 spiro atoms. The van der Waals surface area contributed by atoms with Crippen LogP contribution >= 0.6 is 0 Å². The molecule has 0 radical (unpaired) electrons. The zero-order valence-electron chi connectivity index (χ0n) is 10.7. The van der Waals surface area contributed by atoms with Crippen LogP contribution < -0.4 is 0 Å². The molecule has 2 aliphatic heterocycles. The summed E-state index contributed by atoms with van der Waals surface area (Å²) >= 11 is 0. The number of amides is 1. The average molecular weight is 243 g/mol.